The summed E-state index contributed by atoms with van der Waals surface area (Å²) in [5, 5.41) is 11.5. The van der Waals surface area contributed by atoms with Gasteiger partial charge in [-0.05, 0) is 48.6 Å². The van der Waals surface area contributed by atoms with Crippen LogP contribution in [0.3, 0.4) is 0 Å². The van der Waals surface area contributed by atoms with Crippen molar-refractivity contribution in [3.8, 4) is 0 Å². The van der Waals surface area contributed by atoms with E-state index in [4.69, 9.17) is 0 Å². The fourth-order valence-electron chi connectivity index (χ4n) is 2.52. The Morgan fingerprint density at radius 2 is 1.90 bits per heavy atom. The van der Waals surface area contributed by atoms with E-state index in [0.717, 1.165) is 20.5 Å². The maximum absolute atomic E-state index is 13.2. The van der Waals surface area contributed by atoms with Crippen LogP contribution in [-0.4, -0.2) is 5.11 Å². The second kappa shape index (κ2) is 5.58. The molecule has 0 spiro atoms. The van der Waals surface area contributed by atoms with Gasteiger partial charge in [0, 0.05) is 16.0 Å². The van der Waals surface area contributed by atoms with Gasteiger partial charge in [0.2, 0.25) is 0 Å². The summed E-state index contributed by atoms with van der Waals surface area (Å²) in [6.45, 7) is 4.11. The first-order valence-electron chi connectivity index (χ1n) is 6.96. The van der Waals surface area contributed by atoms with Crippen LogP contribution in [0.4, 0.5) is 4.39 Å². The lowest BCUT2D eigenvalue weighted by Gasteiger charge is -2.11. The molecule has 3 aromatic rings. The summed E-state index contributed by atoms with van der Waals surface area (Å²) >= 11 is 1.46. The molecule has 0 aliphatic carbocycles. The third-order valence-electron chi connectivity index (χ3n) is 3.75. The van der Waals surface area contributed by atoms with E-state index in [1.54, 1.807) is 6.07 Å². The van der Waals surface area contributed by atoms with Crippen molar-refractivity contribution in [1.82, 2.24) is 0 Å². The lowest BCUT2D eigenvalue weighted by atomic mass is 9.99. The zero-order valence-electron chi connectivity index (χ0n) is 12.1. The van der Waals surface area contributed by atoms with E-state index < -0.39 is 6.10 Å². The van der Waals surface area contributed by atoms with Crippen molar-refractivity contribution in [3.63, 3.8) is 0 Å². The van der Waals surface area contributed by atoms with Crippen LogP contribution in [0, 0.1) is 19.7 Å². The molecule has 2 aromatic carbocycles. The van der Waals surface area contributed by atoms with Gasteiger partial charge in [-0.3, -0.25) is 0 Å². The number of hydrogen-bond acceptors (Lipinski definition) is 2. The quantitative estimate of drug-likeness (QED) is 0.727. The first-order chi connectivity index (χ1) is 10.0. The van der Waals surface area contributed by atoms with E-state index in [2.05, 4.69) is 32.0 Å². The molecule has 0 aliphatic heterocycles. The molecule has 1 heterocycles. The van der Waals surface area contributed by atoms with Crippen LogP contribution < -0.4 is 0 Å². The molecule has 3 heteroatoms. The Morgan fingerprint density at radius 1 is 1.10 bits per heavy atom. The van der Waals surface area contributed by atoms with Crippen molar-refractivity contribution < 1.29 is 9.50 Å². The Labute approximate surface area is 127 Å². The second-order valence-electron chi connectivity index (χ2n) is 5.48. The molecule has 0 fully saturated rings. The lowest BCUT2D eigenvalue weighted by molar-refractivity contribution is 0.182. The van der Waals surface area contributed by atoms with Gasteiger partial charge in [0.25, 0.3) is 0 Å². The molecule has 3 rings (SSSR count). The Hall–Kier alpha value is -1.71. The van der Waals surface area contributed by atoms with Crippen molar-refractivity contribution in [3.05, 3.63) is 69.8 Å². The van der Waals surface area contributed by atoms with E-state index in [1.165, 1.54) is 34.6 Å². The fourth-order valence-corrected chi connectivity index (χ4v) is 3.59. The molecule has 1 unspecified atom stereocenters. The number of aryl methyl sites for hydroxylation is 2. The SMILES string of the molecule is Cc1ccc(C)c(CC(O)c2cc3ccc(F)cc3s2)c1. The molecule has 1 nitrogen and oxygen atoms in total. The molecule has 1 aromatic heterocycles. The predicted octanol–water partition coefficient (Wildman–Crippen LogP) is 4.93. The average molecular weight is 300 g/mol. The first kappa shape index (κ1) is 14.2. The van der Waals surface area contributed by atoms with E-state index in [1.807, 2.05) is 6.07 Å². The Bertz CT molecular complexity index is 791. The highest BCUT2D eigenvalue weighted by Crippen LogP contribution is 2.32. The van der Waals surface area contributed by atoms with Crippen LogP contribution in [-0.2, 0) is 6.42 Å². The number of hydrogen-bond donors (Lipinski definition) is 1. The maximum atomic E-state index is 13.2. The summed E-state index contributed by atoms with van der Waals surface area (Å²) in [6.07, 6.45) is 0.0361. The monoisotopic (exact) mass is 300 g/mol. The predicted molar refractivity (Wildman–Crippen MR) is 86.4 cm³/mol. The molecule has 21 heavy (non-hydrogen) atoms. The number of fused-ring (bicyclic) bond motifs is 1. The molecule has 0 saturated heterocycles. The third-order valence-corrected chi connectivity index (χ3v) is 4.95. The van der Waals surface area contributed by atoms with Gasteiger partial charge in [-0.2, -0.15) is 0 Å². The largest absolute Gasteiger partial charge is 0.387 e. The number of aliphatic hydroxyl groups excluding tert-OH is 1. The molecular weight excluding hydrogens is 283 g/mol. The highest BCUT2D eigenvalue weighted by atomic mass is 32.1. The molecule has 0 amide bonds. The highest BCUT2D eigenvalue weighted by molar-refractivity contribution is 7.19. The molecule has 108 valence electrons. The summed E-state index contributed by atoms with van der Waals surface area (Å²) in [7, 11) is 0. The van der Waals surface area contributed by atoms with Crippen LogP contribution in [0.1, 0.15) is 27.7 Å². The fraction of sp³-hybridized carbons (Fsp3) is 0.222. The average Bonchev–Trinajstić information content (AvgIpc) is 2.86. The van der Waals surface area contributed by atoms with Crippen LogP contribution in [0.25, 0.3) is 10.1 Å². The number of benzene rings is 2. The molecule has 0 aliphatic rings. The van der Waals surface area contributed by atoms with Crippen molar-refractivity contribution in [2.75, 3.05) is 0 Å². The highest BCUT2D eigenvalue weighted by Gasteiger charge is 2.14. The van der Waals surface area contributed by atoms with Gasteiger partial charge < -0.3 is 5.11 Å². The smallest absolute Gasteiger partial charge is 0.124 e. The van der Waals surface area contributed by atoms with Crippen LogP contribution >= 0.6 is 11.3 Å². The van der Waals surface area contributed by atoms with Crippen molar-refractivity contribution >= 4 is 21.4 Å². The zero-order valence-corrected chi connectivity index (χ0v) is 12.9. The minimum absolute atomic E-state index is 0.236. The summed E-state index contributed by atoms with van der Waals surface area (Å²) < 4.78 is 14.1. The van der Waals surface area contributed by atoms with E-state index in [-0.39, 0.29) is 5.82 Å². The number of rotatable bonds is 3. The summed E-state index contributed by atoms with van der Waals surface area (Å²) in [4.78, 5) is 0.886. The Balaban J connectivity index is 1.89. The molecule has 0 radical (unpaired) electrons. The van der Waals surface area contributed by atoms with Gasteiger partial charge >= 0.3 is 0 Å². The van der Waals surface area contributed by atoms with Gasteiger partial charge in [-0.25, -0.2) is 4.39 Å². The minimum Gasteiger partial charge on any atom is -0.387 e. The molecule has 1 atom stereocenters. The molecule has 0 saturated carbocycles. The standard InChI is InChI=1S/C18H17FOS/c1-11-3-4-12(2)14(7-11)8-16(20)18-9-13-5-6-15(19)10-17(13)21-18/h3-7,9-10,16,20H,8H2,1-2H3. The normalized spacial score (nSPS) is 12.8. The van der Waals surface area contributed by atoms with Crippen molar-refractivity contribution in [1.29, 1.82) is 0 Å². The Kier molecular flexibility index (Phi) is 3.79. The van der Waals surface area contributed by atoms with Crippen LogP contribution in [0.15, 0.2) is 42.5 Å². The van der Waals surface area contributed by atoms with Crippen LogP contribution in [0.5, 0.6) is 0 Å². The first-order valence-corrected chi connectivity index (χ1v) is 7.78. The topological polar surface area (TPSA) is 20.2 Å². The van der Waals surface area contributed by atoms with Crippen molar-refractivity contribution in [2.24, 2.45) is 0 Å². The number of aliphatic hydroxyl groups is 1. The summed E-state index contributed by atoms with van der Waals surface area (Å²) in [5.74, 6) is -0.236. The second-order valence-corrected chi connectivity index (χ2v) is 6.60. The van der Waals surface area contributed by atoms with Gasteiger partial charge in [-0.1, -0.05) is 29.8 Å². The van der Waals surface area contributed by atoms with Gasteiger partial charge in [0.15, 0.2) is 0 Å². The lowest BCUT2D eigenvalue weighted by Crippen LogP contribution is -2.01. The van der Waals surface area contributed by atoms with Crippen molar-refractivity contribution in [2.45, 2.75) is 26.4 Å². The van der Waals surface area contributed by atoms with Gasteiger partial charge in [0.05, 0.1) is 6.10 Å². The molecule has 0 bridgehead atoms. The summed E-state index contributed by atoms with van der Waals surface area (Å²) in [6, 6.07) is 13.0. The number of thiophene rings is 1. The zero-order chi connectivity index (χ0) is 15.0. The minimum atomic E-state index is -0.550. The van der Waals surface area contributed by atoms with Gasteiger partial charge in [0.1, 0.15) is 5.82 Å². The van der Waals surface area contributed by atoms with E-state index in [0.29, 0.717) is 6.42 Å². The maximum Gasteiger partial charge on any atom is 0.124 e. The molecule has 1 N–H and O–H groups in total. The Morgan fingerprint density at radius 3 is 2.71 bits per heavy atom. The molecular formula is C18H17FOS. The summed E-state index contributed by atoms with van der Waals surface area (Å²) in [5.41, 5.74) is 3.54. The van der Waals surface area contributed by atoms with Crippen LogP contribution in [0.2, 0.25) is 0 Å². The number of halogens is 1. The van der Waals surface area contributed by atoms with E-state index in [9.17, 15) is 9.50 Å². The third kappa shape index (κ3) is 2.99. The van der Waals surface area contributed by atoms with E-state index >= 15 is 0 Å². The van der Waals surface area contributed by atoms with Gasteiger partial charge in [-0.15, -0.1) is 11.3 Å².